The van der Waals surface area contributed by atoms with Crippen molar-refractivity contribution < 1.29 is 4.74 Å². The smallest absolute Gasteiger partial charge is 0.0534 e. The van der Waals surface area contributed by atoms with Crippen LogP contribution in [0.25, 0.3) is 0 Å². The fourth-order valence-electron chi connectivity index (χ4n) is 2.11. The second kappa shape index (κ2) is 6.41. The summed E-state index contributed by atoms with van der Waals surface area (Å²) in [6, 6.07) is 0. The van der Waals surface area contributed by atoms with E-state index in [0.717, 1.165) is 32.7 Å². The summed E-state index contributed by atoms with van der Waals surface area (Å²) >= 11 is 0. The highest BCUT2D eigenvalue weighted by atomic mass is 16.5. The van der Waals surface area contributed by atoms with E-state index in [-0.39, 0.29) is 0 Å². The number of ether oxygens (including phenoxy) is 1. The predicted molar refractivity (Wildman–Crippen MR) is 60.6 cm³/mol. The van der Waals surface area contributed by atoms with Gasteiger partial charge in [-0.1, -0.05) is 26.7 Å². The van der Waals surface area contributed by atoms with Gasteiger partial charge < -0.3 is 10.1 Å². The molecule has 0 bridgehead atoms. The monoisotopic (exact) mass is 199 g/mol. The lowest BCUT2D eigenvalue weighted by atomic mass is 9.80. The maximum Gasteiger partial charge on any atom is 0.0534 e. The van der Waals surface area contributed by atoms with Crippen molar-refractivity contribution >= 4 is 0 Å². The molecule has 1 heterocycles. The highest BCUT2D eigenvalue weighted by Crippen LogP contribution is 2.29. The Morgan fingerprint density at radius 2 is 2.21 bits per heavy atom. The zero-order valence-corrected chi connectivity index (χ0v) is 9.77. The molecule has 1 aliphatic heterocycles. The Kier molecular flexibility index (Phi) is 5.49. The molecule has 1 saturated heterocycles. The third kappa shape index (κ3) is 3.58. The molecule has 1 unspecified atom stereocenters. The van der Waals surface area contributed by atoms with Gasteiger partial charge in [-0.3, -0.25) is 0 Å². The van der Waals surface area contributed by atoms with Gasteiger partial charge >= 0.3 is 0 Å². The van der Waals surface area contributed by atoms with Gasteiger partial charge in [0.05, 0.1) is 6.61 Å². The second-order valence-electron chi connectivity index (χ2n) is 4.54. The van der Waals surface area contributed by atoms with Crippen LogP contribution in [-0.2, 0) is 4.74 Å². The third-order valence-corrected chi connectivity index (χ3v) is 3.36. The number of unbranched alkanes of at least 4 members (excludes halogenated alkanes) is 1. The van der Waals surface area contributed by atoms with E-state index >= 15 is 0 Å². The molecule has 2 heteroatoms. The first-order valence-corrected chi connectivity index (χ1v) is 6.11. The van der Waals surface area contributed by atoms with Crippen LogP contribution in [0.5, 0.6) is 0 Å². The first kappa shape index (κ1) is 12.0. The van der Waals surface area contributed by atoms with Gasteiger partial charge in [-0.25, -0.2) is 0 Å². The summed E-state index contributed by atoms with van der Waals surface area (Å²) in [4.78, 5) is 0. The van der Waals surface area contributed by atoms with Crippen molar-refractivity contribution in [2.24, 2.45) is 5.41 Å². The van der Waals surface area contributed by atoms with Crippen LogP contribution in [0.15, 0.2) is 0 Å². The number of hydrogen-bond donors (Lipinski definition) is 1. The van der Waals surface area contributed by atoms with E-state index in [1.54, 1.807) is 0 Å². The number of rotatable bonds is 4. The lowest BCUT2D eigenvalue weighted by molar-refractivity contribution is 0.0217. The molecule has 0 spiro atoms. The van der Waals surface area contributed by atoms with E-state index in [2.05, 4.69) is 19.2 Å². The SMILES string of the molecule is CCCCC1(CC)CNCCCOC1. The van der Waals surface area contributed by atoms with Crippen molar-refractivity contribution in [1.82, 2.24) is 5.32 Å². The highest BCUT2D eigenvalue weighted by molar-refractivity contribution is 4.81. The molecule has 84 valence electrons. The van der Waals surface area contributed by atoms with Gasteiger partial charge in [0.25, 0.3) is 0 Å². The van der Waals surface area contributed by atoms with Gasteiger partial charge in [-0.15, -0.1) is 0 Å². The maximum atomic E-state index is 5.74. The van der Waals surface area contributed by atoms with Gasteiger partial charge in [0.15, 0.2) is 0 Å². The molecule has 1 atom stereocenters. The van der Waals surface area contributed by atoms with Gasteiger partial charge in [0.1, 0.15) is 0 Å². The molecule has 2 nitrogen and oxygen atoms in total. The normalized spacial score (nSPS) is 29.6. The minimum atomic E-state index is 0.413. The molecule has 1 aliphatic rings. The summed E-state index contributed by atoms with van der Waals surface area (Å²) in [6.07, 6.45) is 6.33. The first-order valence-electron chi connectivity index (χ1n) is 6.11. The molecule has 14 heavy (non-hydrogen) atoms. The molecule has 1 N–H and O–H groups in total. The molecule has 0 aromatic rings. The van der Waals surface area contributed by atoms with E-state index in [1.807, 2.05) is 0 Å². The van der Waals surface area contributed by atoms with Crippen LogP contribution >= 0.6 is 0 Å². The number of hydrogen-bond acceptors (Lipinski definition) is 2. The van der Waals surface area contributed by atoms with Crippen molar-refractivity contribution in [2.45, 2.75) is 46.0 Å². The summed E-state index contributed by atoms with van der Waals surface area (Å²) in [5.41, 5.74) is 0.413. The lowest BCUT2D eigenvalue weighted by Gasteiger charge is -2.34. The zero-order valence-electron chi connectivity index (χ0n) is 9.77. The predicted octanol–water partition coefficient (Wildman–Crippen LogP) is 2.58. The van der Waals surface area contributed by atoms with E-state index in [1.165, 1.54) is 25.7 Å². The van der Waals surface area contributed by atoms with Crippen molar-refractivity contribution in [2.75, 3.05) is 26.3 Å². The first-order chi connectivity index (χ1) is 6.83. The van der Waals surface area contributed by atoms with Gasteiger partial charge in [0.2, 0.25) is 0 Å². The summed E-state index contributed by atoms with van der Waals surface area (Å²) in [7, 11) is 0. The molecule has 0 aromatic heterocycles. The molecule has 0 radical (unpaired) electrons. The molecule has 1 fully saturated rings. The zero-order chi connectivity index (χ0) is 10.3. The summed E-state index contributed by atoms with van der Waals surface area (Å²) < 4.78 is 5.74. The van der Waals surface area contributed by atoms with Gasteiger partial charge in [-0.05, 0) is 25.8 Å². The van der Waals surface area contributed by atoms with Gasteiger partial charge in [0, 0.05) is 18.6 Å². The van der Waals surface area contributed by atoms with Gasteiger partial charge in [-0.2, -0.15) is 0 Å². The summed E-state index contributed by atoms with van der Waals surface area (Å²) in [5.74, 6) is 0. The quantitative estimate of drug-likeness (QED) is 0.751. The molecular formula is C12H25NO. The van der Waals surface area contributed by atoms with Crippen LogP contribution in [0.1, 0.15) is 46.0 Å². The van der Waals surface area contributed by atoms with Crippen LogP contribution in [0.4, 0.5) is 0 Å². The van der Waals surface area contributed by atoms with Crippen LogP contribution in [0.2, 0.25) is 0 Å². The Morgan fingerprint density at radius 1 is 1.36 bits per heavy atom. The van der Waals surface area contributed by atoms with E-state index < -0.39 is 0 Å². The van der Waals surface area contributed by atoms with Crippen molar-refractivity contribution in [1.29, 1.82) is 0 Å². The molecule has 0 aliphatic carbocycles. The molecule has 0 aromatic carbocycles. The van der Waals surface area contributed by atoms with E-state index in [0.29, 0.717) is 5.41 Å². The Hall–Kier alpha value is -0.0800. The minimum Gasteiger partial charge on any atom is -0.381 e. The molecular weight excluding hydrogens is 174 g/mol. The highest BCUT2D eigenvalue weighted by Gasteiger charge is 2.28. The third-order valence-electron chi connectivity index (χ3n) is 3.36. The van der Waals surface area contributed by atoms with Crippen LogP contribution in [-0.4, -0.2) is 26.3 Å². The number of nitrogens with one attached hydrogen (secondary N) is 1. The van der Waals surface area contributed by atoms with E-state index in [9.17, 15) is 0 Å². The Labute approximate surface area is 88.4 Å². The van der Waals surface area contributed by atoms with Crippen LogP contribution in [0.3, 0.4) is 0 Å². The largest absolute Gasteiger partial charge is 0.381 e. The average molecular weight is 199 g/mol. The van der Waals surface area contributed by atoms with Crippen LogP contribution in [0, 0.1) is 5.41 Å². The van der Waals surface area contributed by atoms with Crippen molar-refractivity contribution in [3.8, 4) is 0 Å². The van der Waals surface area contributed by atoms with E-state index in [4.69, 9.17) is 4.74 Å². The minimum absolute atomic E-state index is 0.413. The Morgan fingerprint density at radius 3 is 2.93 bits per heavy atom. The fraction of sp³-hybridized carbons (Fsp3) is 1.00. The molecule has 0 saturated carbocycles. The second-order valence-corrected chi connectivity index (χ2v) is 4.54. The Bertz CT molecular complexity index is 134. The standard InChI is InChI=1S/C12H25NO/c1-3-5-7-12(4-2)10-13-8-6-9-14-11-12/h13H,3-11H2,1-2H3. The maximum absolute atomic E-state index is 5.74. The topological polar surface area (TPSA) is 21.3 Å². The van der Waals surface area contributed by atoms with Crippen molar-refractivity contribution in [3.63, 3.8) is 0 Å². The average Bonchev–Trinajstić information content (AvgIpc) is 2.18. The Balaban J connectivity index is 2.44. The molecule has 1 rings (SSSR count). The van der Waals surface area contributed by atoms with Crippen LogP contribution < -0.4 is 5.32 Å². The fourth-order valence-corrected chi connectivity index (χ4v) is 2.11. The summed E-state index contributed by atoms with van der Waals surface area (Å²) in [6.45, 7) is 8.71. The lowest BCUT2D eigenvalue weighted by Crippen LogP contribution is -2.40. The van der Waals surface area contributed by atoms with Crippen molar-refractivity contribution in [3.05, 3.63) is 0 Å². The molecule has 0 amide bonds. The summed E-state index contributed by atoms with van der Waals surface area (Å²) in [5, 5.41) is 3.56.